The maximum absolute atomic E-state index is 10.9. The van der Waals surface area contributed by atoms with Crippen molar-refractivity contribution in [3.8, 4) is 5.75 Å². The molecule has 1 aromatic rings. The Kier molecular flexibility index (Phi) is 3.82. The third-order valence-electron chi connectivity index (χ3n) is 5.25. The second-order valence-electron chi connectivity index (χ2n) is 6.11. The van der Waals surface area contributed by atoms with E-state index < -0.39 is 0 Å². The lowest BCUT2D eigenvalue weighted by Gasteiger charge is -2.53. The summed E-state index contributed by atoms with van der Waals surface area (Å²) in [4.78, 5) is 2.32. The fraction of sp³-hybridized carbons (Fsp3) is 0.625. The van der Waals surface area contributed by atoms with Gasteiger partial charge < -0.3 is 14.7 Å². The molecule has 20 heavy (non-hydrogen) atoms. The van der Waals surface area contributed by atoms with E-state index in [9.17, 15) is 5.11 Å². The van der Waals surface area contributed by atoms with Crippen molar-refractivity contribution in [3.63, 3.8) is 0 Å². The number of likely N-dealkylation sites (N-methyl/N-ethyl adjacent to an activating group) is 1. The normalized spacial score (nSPS) is 34.0. The summed E-state index contributed by atoms with van der Waals surface area (Å²) in [6.07, 6.45) is 4.05. The number of methoxy groups -OCH3 is 1. The van der Waals surface area contributed by atoms with Crippen molar-refractivity contribution in [2.75, 3.05) is 20.7 Å². The van der Waals surface area contributed by atoms with Crippen LogP contribution >= 0.6 is 15.9 Å². The third-order valence-corrected chi connectivity index (χ3v) is 6.07. The van der Waals surface area contributed by atoms with Crippen molar-refractivity contribution in [1.82, 2.24) is 4.90 Å². The van der Waals surface area contributed by atoms with Gasteiger partial charge in [-0.2, -0.15) is 0 Å². The maximum Gasteiger partial charge on any atom is 0.133 e. The average Bonchev–Trinajstić information content (AvgIpc) is 2.44. The van der Waals surface area contributed by atoms with E-state index >= 15 is 0 Å². The van der Waals surface area contributed by atoms with E-state index in [0.29, 0.717) is 0 Å². The summed E-state index contributed by atoms with van der Waals surface area (Å²) in [7, 11) is 3.82. The Morgan fingerprint density at radius 2 is 2.20 bits per heavy atom. The number of ether oxygens (including phenoxy) is 1. The summed E-state index contributed by atoms with van der Waals surface area (Å²) in [6, 6.07) is 6.42. The van der Waals surface area contributed by atoms with Crippen LogP contribution in [0.1, 0.15) is 31.2 Å². The number of halogens is 1. The molecule has 1 heterocycles. The summed E-state index contributed by atoms with van der Waals surface area (Å²) in [5.41, 5.74) is 1.09. The Labute approximate surface area is 129 Å². The molecule has 3 nitrogen and oxygen atoms in total. The smallest absolute Gasteiger partial charge is 0.133 e. The number of hydrogen-bond acceptors (Lipinski definition) is 3. The number of aliphatic hydroxyl groups excluding tert-OH is 1. The monoisotopic (exact) mass is 339 g/mol. The van der Waals surface area contributed by atoms with Gasteiger partial charge in [-0.3, -0.25) is 0 Å². The summed E-state index contributed by atoms with van der Waals surface area (Å²) >= 11 is 3.69. The number of rotatable bonds is 2. The van der Waals surface area contributed by atoms with Crippen LogP contribution < -0.4 is 4.74 Å². The van der Waals surface area contributed by atoms with E-state index in [1.54, 1.807) is 7.11 Å². The largest absolute Gasteiger partial charge is 0.496 e. The number of likely N-dealkylation sites (tertiary alicyclic amines) is 1. The average molecular weight is 340 g/mol. The van der Waals surface area contributed by atoms with Crippen LogP contribution in [-0.2, 0) is 5.41 Å². The van der Waals surface area contributed by atoms with Crippen molar-refractivity contribution in [1.29, 1.82) is 0 Å². The van der Waals surface area contributed by atoms with Gasteiger partial charge in [-0.1, -0.05) is 18.6 Å². The molecule has 0 amide bonds. The Morgan fingerprint density at radius 1 is 1.40 bits per heavy atom. The highest BCUT2D eigenvalue weighted by Gasteiger charge is 2.51. The first-order chi connectivity index (χ1) is 9.60. The van der Waals surface area contributed by atoms with Gasteiger partial charge in [0.15, 0.2) is 0 Å². The standard InChI is InChI=1S/C16H22BrNO2/c1-18-10-9-16(8-4-6-12(18)15(16)19)11-5-3-7-13(20-2)14(11)17/h3,5,7,12,15,19H,4,6,8-10H2,1-2H3/t12-,15-,16-/m0/s1. The van der Waals surface area contributed by atoms with Crippen LogP contribution in [0.5, 0.6) is 5.75 Å². The molecule has 1 saturated carbocycles. The lowest BCUT2D eigenvalue weighted by Crippen LogP contribution is -2.61. The van der Waals surface area contributed by atoms with Crippen LogP contribution in [0.25, 0.3) is 0 Å². The summed E-state index contributed by atoms with van der Waals surface area (Å²) in [5, 5.41) is 10.9. The van der Waals surface area contributed by atoms with Gasteiger partial charge in [0.25, 0.3) is 0 Å². The van der Waals surface area contributed by atoms with E-state index in [1.807, 2.05) is 12.1 Å². The molecule has 1 saturated heterocycles. The molecule has 2 bridgehead atoms. The molecule has 0 unspecified atom stereocenters. The number of fused-ring (bicyclic) bond motifs is 2. The van der Waals surface area contributed by atoms with E-state index in [4.69, 9.17) is 4.74 Å². The zero-order valence-corrected chi connectivity index (χ0v) is 13.7. The molecule has 1 aliphatic carbocycles. The van der Waals surface area contributed by atoms with E-state index in [-0.39, 0.29) is 17.6 Å². The molecule has 2 fully saturated rings. The lowest BCUT2D eigenvalue weighted by molar-refractivity contribution is -0.0676. The molecular formula is C16H22BrNO2. The van der Waals surface area contributed by atoms with Gasteiger partial charge >= 0.3 is 0 Å². The predicted octanol–water partition coefficient (Wildman–Crippen LogP) is 2.94. The Hall–Kier alpha value is -0.580. The first kappa shape index (κ1) is 14.4. The molecule has 1 aliphatic heterocycles. The quantitative estimate of drug-likeness (QED) is 0.899. The highest BCUT2D eigenvalue weighted by atomic mass is 79.9. The third kappa shape index (κ3) is 2.00. The molecule has 1 N–H and O–H groups in total. The predicted molar refractivity (Wildman–Crippen MR) is 83.3 cm³/mol. The van der Waals surface area contributed by atoms with E-state index in [1.165, 1.54) is 12.0 Å². The van der Waals surface area contributed by atoms with Gasteiger partial charge in [0.1, 0.15) is 5.75 Å². The minimum atomic E-state index is -0.293. The minimum Gasteiger partial charge on any atom is -0.496 e. The van der Waals surface area contributed by atoms with Crippen LogP contribution in [0.4, 0.5) is 0 Å². The van der Waals surface area contributed by atoms with Crippen LogP contribution in [0.3, 0.4) is 0 Å². The van der Waals surface area contributed by atoms with Crippen molar-refractivity contribution in [2.24, 2.45) is 0 Å². The summed E-state index contributed by atoms with van der Waals surface area (Å²) in [5.74, 6) is 0.852. The Balaban J connectivity index is 2.07. The topological polar surface area (TPSA) is 32.7 Å². The van der Waals surface area contributed by atoms with Crippen LogP contribution in [0.2, 0.25) is 0 Å². The minimum absolute atomic E-state index is 0.122. The van der Waals surface area contributed by atoms with Crippen molar-refractivity contribution in [2.45, 2.75) is 43.2 Å². The first-order valence-electron chi connectivity index (χ1n) is 7.31. The van der Waals surface area contributed by atoms with Crippen molar-refractivity contribution >= 4 is 15.9 Å². The lowest BCUT2D eigenvalue weighted by atomic mass is 9.61. The van der Waals surface area contributed by atoms with Crippen LogP contribution in [0.15, 0.2) is 22.7 Å². The summed E-state index contributed by atoms with van der Waals surface area (Å²) in [6.45, 7) is 1.05. The number of nitrogens with zero attached hydrogens (tertiary/aromatic N) is 1. The van der Waals surface area contributed by atoms with Crippen molar-refractivity contribution in [3.05, 3.63) is 28.2 Å². The number of benzene rings is 1. The molecule has 3 rings (SSSR count). The van der Waals surface area contributed by atoms with Crippen molar-refractivity contribution < 1.29 is 9.84 Å². The molecule has 3 atom stereocenters. The van der Waals surface area contributed by atoms with Gasteiger partial charge in [-0.25, -0.2) is 0 Å². The fourth-order valence-electron chi connectivity index (χ4n) is 4.06. The number of hydrogen-bond donors (Lipinski definition) is 1. The second kappa shape index (κ2) is 5.32. The highest BCUT2D eigenvalue weighted by Crippen LogP contribution is 2.50. The van der Waals surface area contributed by atoms with Gasteiger partial charge in [0.2, 0.25) is 0 Å². The van der Waals surface area contributed by atoms with Gasteiger partial charge in [0, 0.05) is 11.5 Å². The first-order valence-corrected chi connectivity index (χ1v) is 8.11. The zero-order chi connectivity index (χ0) is 14.3. The molecule has 110 valence electrons. The zero-order valence-electron chi connectivity index (χ0n) is 12.1. The molecule has 1 aromatic carbocycles. The molecule has 0 aromatic heterocycles. The molecule has 2 aliphatic rings. The number of piperidine rings is 1. The number of aliphatic hydroxyl groups is 1. The van der Waals surface area contributed by atoms with E-state index in [0.717, 1.165) is 36.0 Å². The molecule has 4 heteroatoms. The molecule has 0 radical (unpaired) electrons. The van der Waals surface area contributed by atoms with Gasteiger partial charge in [-0.05, 0) is 60.4 Å². The van der Waals surface area contributed by atoms with Crippen LogP contribution in [0, 0.1) is 0 Å². The summed E-state index contributed by atoms with van der Waals surface area (Å²) < 4.78 is 6.43. The van der Waals surface area contributed by atoms with Gasteiger partial charge in [-0.15, -0.1) is 0 Å². The highest BCUT2D eigenvalue weighted by molar-refractivity contribution is 9.10. The maximum atomic E-state index is 10.9. The van der Waals surface area contributed by atoms with E-state index in [2.05, 4.69) is 33.9 Å². The molecular weight excluding hydrogens is 318 g/mol. The Bertz CT molecular complexity index is 507. The van der Waals surface area contributed by atoms with Gasteiger partial charge in [0.05, 0.1) is 17.7 Å². The fourth-order valence-corrected chi connectivity index (χ4v) is 4.88. The Morgan fingerprint density at radius 3 is 2.95 bits per heavy atom. The SMILES string of the molecule is COc1cccc([C@@]23CCC[C@@H]([C@@H]2O)N(C)CC3)c1Br. The second-order valence-corrected chi connectivity index (χ2v) is 6.91. The molecule has 0 spiro atoms. The van der Waals surface area contributed by atoms with Crippen LogP contribution in [-0.4, -0.2) is 42.9 Å².